The number of quaternary nitrogens is 1. The third-order valence-electron chi connectivity index (χ3n) is 13.3. The van der Waals surface area contributed by atoms with Crippen molar-refractivity contribution in [3.63, 3.8) is 0 Å². The molecule has 0 fully saturated rings. The Labute approximate surface area is 463 Å². The van der Waals surface area contributed by atoms with Crippen LogP contribution in [0.25, 0.3) is 0 Å². The zero-order valence-corrected chi connectivity index (χ0v) is 50.4. The standard InChI is InChI=1S/C65H117N2O7P/c1-7-10-13-16-19-22-25-27-29-31-32-33-34-36-37-39-42-45-48-51-54-57-64(68)66-62(61-73-75(70,71)72-60-59-67(4,5)6)63(56-53-50-47-44-41-24-21-18-15-12-9-3)74-65(69)58-55-52-49-46-43-40-38-35-30-28-26-23-20-17-14-11-8-2/h19-20,22-23,27-30,38,40,46,49,53,56,62-63H,7-18,21,24-26,31-37,39,41-45,47-48,50-52,54-55,57-61H2,1-6H3,(H-,66,68,70,71)/b22-19-,23-20-,29-27-,30-28-,40-38-,49-46-,56-53-. The van der Waals surface area contributed by atoms with Gasteiger partial charge in [0.1, 0.15) is 19.3 Å². The number of unbranched alkanes of at least 4 members (excludes halogenated alkanes) is 27. The molecule has 3 unspecified atom stereocenters. The van der Waals surface area contributed by atoms with Crippen LogP contribution in [0.15, 0.2) is 85.1 Å². The van der Waals surface area contributed by atoms with Crippen molar-refractivity contribution >= 4 is 19.7 Å². The third kappa shape index (κ3) is 55.7. The monoisotopic (exact) mass is 1070 g/mol. The van der Waals surface area contributed by atoms with Crippen molar-refractivity contribution in [3.05, 3.63) is 85.1 Å². The van der Waals surface area contributed by atoms with E-state index in [9.17, 15) is 19.0 Å². The summed E-state index contributed by atoms with van der Waals surface area (Å²) in [5.41, 5.74) is 0. The highest BCUT2D eigenvalue weighted by molar-refractivity contribution is 7.45. The van der Waals surface area contributed by atoms with Crippen molar-refractivity contribution in [3.8, 4) is 0 Å². The van der Waals surface area contributed by atoms with Gasteiger partial charge < -0.3 is 28.5 Å². The Kier molecular flexibility index (Phi) is 52.5. The van der Waals surface area contributed by atoms with Crippen molar-refractivity contribution in [2.75, 3.05) is 40.9 Å². The molecule has 0 heterocycles. The predicted octanol–water partition coefficient (Wildman–Crippen LogP) is 18.4. The van der Waals surface area contributed by atoms with Crippen LogP contribution in [0.2, 0.25) is 0 Å². The smallest absolute Gasteiger partial charge is 0.306 e. The lowest BCUT2D eigenvalue weighted by Crippen LogP contribution is -2.47. The molecule has 434 valence electrons. The van der Waals surface area contributed by atoms with Gasteiger partial charge in [-0.2, -0.15) is 0 Å². The number of likely N-dealkylation sites (N-methyl/N-ethyl adjacent to an activating group) is 1. The molecule has 0 aromatic carbocycles. The van der Waals surface area contributed by atoms with Crippen LogP contribution in [0.1, 0.15) is 265 Å². The zero-order chi connectivity index (χ0) is 55.0. The van der Waals surface area contributed by atoms with Gasteiger partial charge in [-0.1, -0.05) is 235 Å². The highest BCUT2D eigenvalue weighted by Gasteiger charge is 2.27. The topological polar surface area (TPSA) is 114 Å². The number of hydrogen-bond acceptors (Lipinski definition) is 7. The molecule has 0 saturated heterocycles. The van der Waals surface area contributed by atoms with E-state index >= 15 is 0 Å². The molecule has 0 bridgehead atoms. The maximum Gasteiger partial charge on any atom is 0.306 e. The summed E-state index contributed by atoms with van der Waals surface area (Å²) in [7, 11) is 1.15. The average Bonchev–Trinajstić information content (AvgIpc) is 3.37. The van der Waals surface area contributed by atoms with Crippen molar-refractivity contribution in [1.29, 1.82) is 0 Å². The predicted molar refractivity (Wildman–Crippen MR) is 321 cm³/mol. The molecular formula is C65H117N2O7P. The Balaban J connectivity index is 5.28. The van der Waals surface area contributed by atoms with Gasteiger partial charge in [0.05, 0.1) is 33.8 Å². The molecule has 0 saturated carbocycles. The second-order valence-corrected chi connectivity index (χ2v) is 23.3. The van der Waals surface area contributed by atoms with Crippen LogP contribution < -0.4 is 10.2 Å². The van der Waals surface area contributed by atoms with E-state index < -0.39 is 32.5 Å². The van der Waals surface area contributed by atoms with Crippen LogP contribution in [0, 0.1) is 0 Å². The second-order valence-electron chi connectivity index (χ2n) is 21.8. The largest absolute Gasteiger partial charge is 0.756 e. The number of hydrogen-bond donors (Lipinski definition) is 1. The van der Waals surface area contributed by atoms with Gasteiger partial charge in [-0.05, 0) is 102 Å². The molecule has 0 spiro atoms. The number of esters is 1. The normalized spacial score (nSPS) is 14.3. The minimum Gasteiger partial charge on any atom is -0.756 e. The molecule has 10 heteroatoms. The summed E-state index contributed by atoms with van der Waals surface area (Å²) < 4.78 is 30.2. The van der Waals surface area contributed by atoms with Crippen molar-refractivity contribution in [2.45, 2.75) is 277 Å². The van der Waals surface area contributed by atoms with E-state index in [2.05, 4.69) is 99.0 Å². The van der Waals surface area contributed by atoms with Crippen molar-refractivity contribution in [1.82, 2.24) is 5.32 Å². The lowest BCUT2D eigenvalue weighted by atomic mass is 10.0. The molecule has 0 radical (unpaired) electrons. The lowest BCUT2D eigenvalue weighted by Gasteiger charge is -2.30. The Morgan fingerprint density at radius 1 is 0.467 bits per heavy atom. The quantitative estimate of drug-likeness (QED) is 0.0212. The number of ether oxygens (including phenoxy) is 1. The van der Waals surface area contributed by atoms with E-state index in [1.54, 1.807) is 0 Å². The average molecular weight is 1070 g/mol. The highest BCUT2D eigenvalue weighted by Crippen LogP contribution is 2.38. The molecule has 75 heavy (non-hydrogen) atoms. The molecule has 3 atom stereocenters. The molecular weight excluding hydrogens is 952 g/mol. The Morgan fingerprint density at radius 2 is 0.827 bits per heavy atom. The van der Waals surface area contributed by atoms with E-state index in [0.717, 1.165) is 77.0 Å². The third-order valence-corrected chi connectivity index (χ3v) is 14.3. The summed E-state index contributed by atoms with van der Waals surface area (Å²) in [6, 6.07) is -0.914. The summed E-state index contributed by atoms with van der Waals surface area (Å²) in [4.78, 5) is 39.9. The second kappa shape index (κ2) is 54.5. The number of carbonyl (C=O) groups is 2. The highest BCUT2D eigenvalue weighted by atomic mass is 31.2. The first-order chi connectivity index (χ1) is 36.4. The van der Waals surface area contributed by atoms with Gasteiger partial charge in [-0.25, -0.2) is 0 Å². The number of rotatable bonds is 55. The van der Waals surface area contributed by atoms with E-state index in [-0.39, 0.29) is 18.9 Å². The molecule has 0 aromatic heterocycles. The van der Waals surface area contributed by atoms with Gasteiger partial charge in [0.25, 0.3) is 7.82 Å². The first-order valence-electron chi connectivity index (χ1n) is 30.9. The minimum absolute atomic E-state index is 0.0340. The van der Waals surface area contributed by atoms with Crippen molar-refractivity contribution in [2.24, 2.45) is 0 Å². The van der Waals surface area contributed by atoms with E-state index in [0.29, 0.717) is 23.9 Å². The lowest BCUT2D eigenvalue weighted by molar-refractivity contribution is -0.870. The van der Waals surface area contributed by atoms with E-state index in [1.807, 2.05) is 33.3 Å². The van der Waals surface area contributed by atoms with Crippen LogP contribution in [-0.2, 0) is 27.9 Å². The van der Waals surface area contributed by atoms with Gasteiger partial charge in [-0.3, -0.25) is 14.2 Å². The number of nitrogens with one attached hydrogen (secondary N) is 1. The summed E-state index contributed by atoms with van der Waals surface area (Å²) in [5.74, 6) is -0.610. The molecule has 0 aliphatic carbocycles. The fraction of sp³-hybridized carbons (Fsp3) is 0.754. The summed E-state index contributed by atoms with van der Waals surface area (Å²) >= 11 is 0. The Morgan fingerprint density at radius 3 is 1.27 bits per heavy atom. The zero-order valence-electron chi connectivity index (χ0n) is 49.5. The van der Waals surface area contributed by atoms with Gasteiger partial charge in [-0.15, -0.1) is 0 Å². The fourth-order valence-electron chi connectivity index (χ4n) is 8.49. The van der Waals surface area contributed by atoms with Gasteiger partial charge in [0.2, 0.25) is 5.91 Å². The molecule has 0 rings (SSSR count). The maximum atomic E-state index is 13.5. The Bertz CT molecular complexity index is 1560. The molecule has 0 aliphatic heterocycles. The minimum atomic E-state index is -4.71. The summed E-state index contributed by atoms with van der Waals surface area (Å²) in [6.07, 6.45) is 71.3. The maximum absolute atomic E-state index is 13.5. The Hall–Kier alpha value is -2.81. The van der Waals surface area contributed by atoms with Crippen LogP contribution in [0.5, 0.6) is 0 Å². The molecule has 1 N–H and O–H groups in total. The molecule has 1 amide bonds. The number of phosphoric ester groups is 1. The van der Waals surface area contributed by atoms with Crippen LogP contribution in [0.3, 0.4) is 0 Å². The van der Waals surface area contributed by atoms with E-state index in [1.165, 1.54) is 148 Å². The van der Waals surface area contributed by atoms with Gasteiger partial charge in [0, 0.05) is 12.8 Å². The first-order valence-corrected chi connectivity index (χ1v) is 32.4. The number of amides is 1. The number of phosphoric acid groups is 1. The number of nitrogens with zero attached hydrogens (tertiary/aromatic N) is 1. The summed E-state index contributed by atoms with van der Waals surface area (Å²) in [6.45, 7) is 6.75. The number of carbonyl (C=O) groups excluding carboxylic acids is 2. The van der Waals surface area contributed by atoms with Crippen LogP contribution in [0.4, 0.5) is 0 Å². The first kappa shape index (κ1) is 72.2. The molecule has 0 aromatic rings. The molecule has 9 nitrogen and oxygen atoms in total. The fourth-order valence-corrected chi connectivity index (χ4v) is 9.21. The van der Waals surface area contributed by atoms with Crippen LogP contribution >= 0.6 is 7.82 Å². The van der Waals surface area contributed by atoms with Crippen LogP contribution in [-0.4, -0.2) is 69.4 Å². The molecule has 0 aliphatic rings. The number of allylic oxidation sites excluding steroid dienone is 13. The van der Waals surface area contributed by atoms with Crippen molar-refractivity contribution < 1.29 is 37.3 Å². The van der Waals surface area contributed by atoms with Gasteiger partial charge in [0.15, 0.2) is 0 Å². The van der Waals surface area contributed by atoms with E-state index in [4.69, 9.17) is 13.8 Å². The van der Waals surface area contributed by atoms with Gasteiger partial charge >= 0.3 is 5.97 Å². The summed E-state index contributed by atoms with van der Waals surface area (Å²) in [5, 5.41) is 3.01. The SMILES string of the molecule is CCCCC/C=C\C/C=C\C/C=C\C/C=C\CCCC(=O)OC(/C=C\CCCCCCCCCCC)C(COP(=O)([O-])OCC[N+](C)(C)C)NC(=O)CCCCCCCCCCCCC/C=C\C/C=C\CCCCC.